The molecule has 0 amide bonds. The maximum atomic E-state index is 5.33. The zero-order valence-electron chi connectivity index (χ0n) is 27.5. The van der Waals surface area contributed by atoms with Crippen LogP contribution in [0.5, 0.6) is 0 Å². The summed E-state index contributed by atoms with van der Waals surface area (Å²) in [6, 6.07) is 63.4. The summed E-state index contributed by atoms with van der Waals surface area (Å²) in [4.78, 5) is 5.33. The third-order valence-electron chi connectivity index (χ3n) is 10.3. The Morgan fingerprint density at radius 1 is 0.392 bits per heavy atom. The van der Waals surface area contributed by atoms with Gasteiger partial charge < -0.3 is 4.57 Å². The first-order valence-electron chi connectivity index (χ1n) is 17.3. The highest BCUT2D eigenvalue weighted by atomic mass is 32.1. The number of hydrogen-bond acceptors (Lipinski definition) is 2. The van der Waals surface area contributed by atoms with Gasteiger partial charge in [0.15, 0.2) is 0 Å². The fourth-order valence-corrected chi connectivity index (χ4v) is 9.30. The zero-order valence-corrected chi connectivity index (χ0v) is 28.3. The average Bonchev–Trinajstić information content (AvgIpc) is 3.86. The van der Waals surface area contributed by atoms with Crippen molar-refractivity contribution >= 4 is 75.1 Å². The molecular formula is C47H29N3S. The lowest BCUT2D eigenvalue weighted by Gasteiger charge is -2.13. The minimum absolute atomic E-state index is 0.901. The lowest BCUT2D eigenvalue weighted by Crippen LogP contribution is -2.00. The van der Waals surface area contributed by atoms with Crippen LogP contribution in [0.2, 0.25) is 0 Å². The number of para-hydroxylation sites is 2. The van der Waals surface area contributed by atoms with Crippen LogP contribution in [-0.4, -0.2) is 14.1 Å². The van der Waals surface area contributed by atoms with Crippen LogP contribution in [0, 0.1) is 0 Å². The van der Waals surface area contributed by atoms with Gasteiger partial charge in [0.25, 0.3) is 0 Å². The van der Waals surface area contributed by atoms with Gasteiger partial charge in [-0.25, -0.2) is 4.98 Å². The normalized spacial score (nSPS) is 11.9. The topological polar surface area (TPSA) is 22.8 Å². The van der Waals surface area contributed by atoms with Gasteiger partial charge in [0.05, 0.1) is 27.8 Å². The molecule has 7 aromatic carbocycles. The van der Waals surface area contributed by atoms with E-state index >= 15 is 0 Å². The fourth-order valence-electron chi connectivity index (χ4n) is 8.04. The highest BCUT2D eigenvalue weighted by Gasteiger charge is 2.20. The molecule has 4 aromatic heterocycles. The number of nitrogens with zero attached hydrogens (tertiary/aromatic N) is 3. The van der Waals surface area contributed by atoms with Crippen molar-refractivity contribution in [2.45, 2.75) is 0 Å². The van der Waals surface area contributed by atoms with Crippen molar-refractivity contribution in [2.24, 2.45) is 0 Å². The first kappa shape index (κ1) is 28.4. The second-order valence-corrected chi connectivity index (χ2v) is 14.2. The monoisotopic (exact) mass is 667 g/mol. The maximum absolute atomic E-state index is 5.33. The summed E-state index contributed by atoms with van der Waals surface area (Å²) in [5.41, 5.74) is 10.2. The van der Waals surface area contributed by atoms with Crippen LogP contribution in [0.3, 0.4) is 0 Å². The molecule has 0 aliphatic heterocycles. The van der Waals surface area contributed by atoms with Crippen LogP contribution in [0.1, 0.15) is 0 Å². The zero-order chi connectivity index (χ0) is 33.5. The molecule has 0 spiro atoms. The van der Waals surface area contributed by atoms with Gasteiger partial charge in [-0.1, -0.05) is 121 Å². The van der Waals surface area contributed by atoms with Gasteiger partial charge in [0, 0.05) is 53.0 Å². The number of thiophene rings is 1. The Balaban J connectivity index is 1.18. The molecule has 11 aromatic rings. The lowest BCUT2D eigenvalue weighted by molar-refractivity contribution is 1.08. The molecule has 4 heteroatoms. The van der Waals surface area contributed by atoms with Crippen LogP contribution in [0.25, 0.3) is 97.7 Å². The third kappa shape index (κ3) is 4.27. The SMILES string of the molecule is c1ccc(-c2cc(-c3ccccc3)nc(-n3c4ccccc4c4cc(-n5c6ccccc6c6c7sc8ccccc8c7ccc65)ccc43)c2)cc1. The van der Waals surface area contributed by atoms with Crippen LogP contribution >= 0.6 is 11.3 Å². The molecule has 3 nitrogen and oxygen atoms in total. The van der Waals surface area contributed by atoms with E-state index in [0.29, 0.717) is 0 Å². The molecule has 0 fully saturated rings. The summed E-state index contributed by atoms with van der Waals surface area (Å²) in [7, 11) is 0. The second-order valence-electron chi connectivity index (χ2n) is 13.2. The van der Waals surface area contributed by atoms with Crippen molar-refractivity contribution in [1.29, 1.82) is 0 Å². The van der Waals surface area contributed by atoms with E-state index in [1.54, 1.807) is 0 Å². The molecule has 4 heterocycles. The second kappa shape index (κ2) is 11.0. The number of aromatic nitrogens is 3. The Labute approximate surface area is 297 Å². The van der Waals surface area contributed by atoms with Crippen molar-refractivity contribution in [1.82, 2.24) is 14.1 Å². The van der Waals surface area contributed by atoms with Gasteiger partial charge in [-0.3, -0.25) is 4.57 Å². The highest BCUT2D eigenvalue weighted by Crippen LogP contribution is 2.44. The van der Waals surface area contributed by atoms with E-state index in [1.165, 1.54) is 58.3 Å². The Kier molecular flexibility index (Phi) is 6.12. The smallest absolute Gasteiger partial charge is 0.138 e. The average molecular weight is 668 g/mol. The van der Waals surface area contributed by atoms with Crippen LogP contribution in [-0.2, 0) is 0 Å². The van der Waals surface area contributed by atoms with Gasteiger partial charge in [0.1, 0.15) is 5.82 Å². The van der Waals surface area contributed by atoms with Crippen molar-refractivity contribution in [3.05, 3.63) is 176 Å². The van der Waals surface area contributed by atoms with Gasteiger partial charge in [0.2, 0.25) is 0 Å². The van der Waals surface area contributed by atoms with E-state index < -0.39 is 0 Å². The molecule has 0 aliphatic carbocycles. The van der Waals surface area contributed by atoms with Crippen molar-refractivity contribution in [3.63, 3.8) is 0 Å². The molecule has 0 saturated heterocycles. The number of pyridine rings is 1. The number of rotatable bonds is 4. The first-order chi connectivity index (χ1) is 25.3. The summed E-state index contributed by atoms with van der Waals surface area (Å²) in [6.07, 6.45) is 0. The Bertz CT molecular complexity index is 3070. The summed E-state index contributed by atoms with van der Waals surface area (Å²) in [6.45, 7) is 0. The summed E-state index contributed by atoms with van der Waals surface area (Å²) in [5.74, 6) is 0.901. The first-order valence-corrected chi connectivity index (χ1v) is 18.1. The standard InChI is InChI=1S/C47H29N3S/c1-3-13-30(14-4-1)32-27-39(31-15-5-2-6-16-31)48-45(28-32)50-40-20-10-7-17-34(40)38-29-33(23-25-42(38)50)49-41-21-11-8-19-37(41)46-43(49)26-24-36-35-18-9-12-22-44(35)51-47(36)46/h1-29H. The van der Waals surface area contributed by atoms with E-state index in [0.717, 1.165) is 39.4 Å². The molecule has 238 valence electrons. The molecule has 0 unspecified atom stereocenters. The Morgan fingerprint density at radius 2 is 1.02 bits per heavy atom. The molecule has 0 atom stereocenters. The van der Waals surface area contributed by atoms with Gasteiger partial charge in [-0.15, -0.1) is 11.3 Å². The highest BCUT2D eigenvalue weighted by molar-refractivity contribution is 7.26. The predicted molar refractivity (Wildman–Crippen MR) is 217 cm³/mol. The minimum atomic E-state index is 0.901. The number of fused-ring (bicyclic) bond motifs is 10. The van der Waals surface area contributed by atoms with E-state index in [2.05, 4.69) is 185 Å². The molecule has 51 heavy (non-hydrogen) atoms. The summed E-state index contributed by atoms with van der Waals surface area (Å²) >= 11 is 1.90. The quantitative estimate of drug-likeness (QED) is 0.183. The third-order valence-corrected chi connectivity index (χ3v) is 11.5. The number of benzene rings is 7. The summed E-state index contributed by atoms with van der Waals surface area (Å²) < 4.78 is 7.45. The van der Waals surface area contributed by atoms with Crippen molar-refractivity contribution in [3.8, 4) is 33.9 Å². The lowest BCUT2D eigenvalue weighted by atomic mass is 10.0. The molecule has 0 saturated carbocycles. The van der Waals surface area contributed by atoms with Crippen molar-refractivity contribution in [2.75, 3.05) is 0 Å². The number of hydrogen-bond donors (Lipinski definition) is 0. The van der Waals surface area contributed by atoms with Crippen LogP contribution in [0.4, 0.5) is 0 Å². The van der Waals surface area contributed by atoms with Gasteiger partial charge in [-0.05, 0) is 65.7 Å². The minimum Gasteiger partial charge on any atom is -0.309 e. The Morgan fingerprint density at radius 3 is 1.82 bits per heavy atom. The predicted octanol–water partition coefficient (Wildman–Crippen LogP) is 13.0. The molecular weight excluding hydrogens is 639 g/mol. The van der Waals surface area contributed by atoms with Crippen LogP contribution < -0.4 is 0 Å². The van der Waals surface area contributed by atoms with Gasteiger partial charge in [-0.2, -0.15) is 0 Å². The fraction of sp³-hybridized carbons (Fsp3) is 0. The maximum Gasteiger partial charge on any atom is 0.138 e. The van der Waals surface area contributed by atoms with E-state index in [-0.39, 0.29) is 0 Å². The molecule has 11 rings (SSSR count). The van der Waals surface area contributed by atoms with Gasteiger partial charge >= 0.3 is 0 Å². The van der Waals surface area contributed by atoms with Crippen molar-refractivity contribution < 1.29 is 0 Å². The molecule has 0 aliphatic rings. The molecule has 0 N–H and O–H groups in total. The van der Waals surface area contributed by atoms with E-state index in [9.17, 15) is 0 Å². The van der Waals surface area contributed by atoms with Crippen LogP contribution in [0.15, 0.2) is 176 Å². The molecule has 0 radical (unpaired) electrons. The summed E-state index contributed by atoms with van der Waals surface area (Å²) in [5, 5.41) is 7.65. The van der Waals surface area contributed by atoms with E-state index in [1.807, 2.05) is 11.3 Å². The molecule has 0 bridgehead atoms. The Hall–Kier alpha value is -6.49. The largest absolute Gasteiger partial charge is 0.309 e. The van der Waals surface area contributed by atoms with E-state index in [4.69, 9.17) is 4.98 Å².